The van der Waals surface area contributed by atoms with Crippen LogP contribution in [0.3, 0.4) is 0 Å². The first-order valence-electron chi connectivity index (χ1n) is 9.17. The van der Waals surface area contributed by atoms with Gasteiger partial charge in [0, 0.05) is 13.1 Å². The first kappa shape index (κ1) is 17.3. The Kier molecular flexibility index (Phi) is 4.86. The van der Waals surface area contributed by atoms with Crippen LogP contribution >= 0.6 is 0 Å². The number of anilines is 1. The molecule has 1 amide bonds. The molecule has 3 aromatic rings. The van der Waals surface area contributed by atoms with Gasteiger partial charge in [-0.1, -0.05) is 84.9 Å². The number of hydrogen-bond acceptors (Lipinski definition) is 2. The van der Waals surface area contributed by atoms with Gasteiger partial charge in [0.05, 0.1) is 11.6 Å². The van der Waals surface area contributed by atoms with E-state index in [0.29, 0.717) is 13.1 Å². The Morgan fingerprint density at radius 2 is 1.52 bits per heavy atom. The number of fused-ring (bicyclic) bond motifs is 1. The molecule has 3 heteroatoms. The smallest absolute Gasteiger partial charge is 0.253 e. The number of amides is 1. The Hall–Kier alpha value is -3.17. The second-order valence-electron chi connectivity index (χ2n) is 6.67. The number of carbonyl (C=O) groups excluding carboxylic acids is 1. The second-order valence-corrected chi connectivity index (χ2v) is 6.67. The third-order valence-corrected chi connectivity index (χ3v) is 4.90. The van der Waals surface area contributed by atoms with E-state index in [2.05, 4.69) is 29.8 Å². The molecule has 0 aromatic heterocycles. The zero-order valence-electron chi connectivity index (χ0n) is 15.2. The fourth-order valence-electron chi connectivity index (χ4n) is 3.72. The van der Waals surface area contributed by atoms with Crippen LogP contribution in [-0.4, -0.2) is 17.5 Å². The first-order valence-corrected chi connectivity index (χ1v) is 9.17. The minimum absolute atomic E-state index is 0.0835. The van der Waals surface area contributed by atoms with Crippen molar-refractivity contribution >= 4 is 11.6 Å². The van der Waals surface area contributed by atoms with Crippen molar-refractivity contribution in [2.45, 2.75) is 12.5 Å². The largest absolute Gasteiger partial charge is 0.272 e. The van der Waals surface area contributed by atoms with Gasteiger partial charge in [0.15, 0.2) is 0 Å². The van der Waals surface area contributed by atoms with Crippen LogP contribution in [0.2, 0.25) is 0 Å². The summed E-state index contributed by atoms with van der Waals surface area (Å²) in [5.74, 6) is -0.189. The first-order chi connectivity index (χ1) is 13.3. The Morgan fingerprint density at radius 1 is 0.889 bits per heavy atom. The average Bonchev–Trinajstić information content (AvgIpc) is 3.01. The summed E-state index contributed by atoms with van der Waals surface area (Å²) in [6, 6.07) is 28.3. The van der Waals surface area contributed by atoms with Gasteiger partial charge in [0.25, 0.3) is 5.91 Å². The molecule has 0 bridgehead atoms. The van der Waals surface area contributed by atoms with Crippen LogP contribution in [0.1, 0.15) is 22.6 Å². The summed E-state index contributed by atoms with van der Waals surface area (Å²) in [6.45, 7) is 5.13. The number of hydrazine groups is 1. The molecule has 4 rings (SSSR count). The third-order valence-electron chi connectivity index (χ3n) is 4.90. The Balaban J connectivity index is 1.75. The van der Waals surface area contributed by atoms with Crippen LogP contribution in [0.5, 0.6) is 0 Å². The minimum Gasteiger partial charge on any atom is -0.272 e. The molecule has 1 aliphatic rings. The summed E-state index contributed by atoms with van der Waals surface area (Å²) in [6.07, 6.45) is 1.84. The van der Waals surface area contributed by atoms with Crippen LogP contribution < -0.4 is 5.01 Å². The van der Waals surface area contributed by atoms with Gasteiger partial charge < -0.3 is 0 Å². The van der Waals surface area contributed by atoms with Crippen LogP contribution in [0.25, 0.3) is 0 Å². The normalized spacial score (nSPS) is 15.8. The van der Waals surface area contributed by atoms with Crippen LogP contribution in [0.4, 0.5) is 5.69 Å². The van der Waals surface area contributed by atoms with E-state index in [9.17, 15) is 4.79 Å². The quantitative estimate of drug-likeness (QED) is 0.596. The highest BCUT2D eigenvalue weighted by molar-refractivity contribution is 6.06. The molecule has 134 valence electrons. The predicted octanol–water partition coefficient (Wildman–Crippen LogP) is 4.77. The number of rotatable bonds is 6. The van der Waals surface area contributed by atoms with E-state index in [4.69, 9.17) is 0 Å². The molecule has 3 aromatic carbocycles. The van der Waals surface area contributed by atoms with E-state index >= 15 is 0 Å². The number of benzene rings is 3. The number of carbonyl (C=O) groups is 1. The zero-order chi connectivity index (χ0) is 18.6. The van der Waals surface area contributed by atoms with E-state index in [1.165, 1.54) is 0 Å². The fourth-order valence-corrected chi connectivity index (χ4v) is 3.72. The van der Waals surface area contributed by atoms with Crippen molar-refractivity contribution in [1.82, 2.24) is 5.01 Å². The predicted molar refractivity (Wildman–Crippen MR) is 109 cm³/mol. The Bertz CT molecular complexity index is 937. The number of hydrogen-bond donors (Lipinski definition) is 0. The molecule has 0 radical (unpaired) electrons. The SMILES string of the molecule is C=CCN(Cc1ccccc1)N1C(=O)[C@H](c2ccccc2)c2ccccc21. The monoisotopic (exact) mass is 354 g/mol. The van der Waals surface area contributed by atoms with Crippen molar-refractivity contribution in [3.8, 4) is 0 Å². The van der Waals surface area contributed by atoms with Crippen LogP contribution in [-0.2, 0) is 11.3 Å². The molecule has 1 atom stereocenters. The summed E-state index contributed by atoms with van der Waals surface area (Å²) in [4.78, 5) is 13.5. The lowest BCUT2D eigenvalue weighted by molar-refractivity contribution is -0.121. The van der Waals surface area contributed by atoms with Gasteiger partial charge in [-0.25, -0.2) is 10.0 Å². The Labute approximate surface area is 160 Å². The van der Waals surface area contributed by atoms with Crippen molar-refractivity contribution in [3.63, 3.8) is 0 Å². The highest BCUT2D eigenvalue weighted by Gasteiger charge is 2.40. The molecule has 0 saturated carbocycles. The van der Waals surface area contributed by atoms with Crippen molar-refractivity contribution < 1.29 is 4.79 Å². The van der Waals surface area contributed by atoms with Crippen LogP contribution in [0.15, 0.2) is 97.6 Å². The maximum Gasteiger partial charge on any atom is 0.253 e. The lowest BCUT2D eigenvalue weighted by atomic mass is 9.93. The number of para-hydroxylation sites is 1. The molecular weight excluding hydrogens is 332 g/mol. The van der Waals surface area contributed by atoms with Crippen LogP contribution in [0, 0.1) is 0 Å². The fraction of sp³-hybridized carbons (Fsp3) is 0.125. The number of nitrogens with zero attached hydrogens (tertiary/aromatic N) is 2. The lowest BCUT2D eigenvalue weighted by Crippen LogP contribution is -2.45. The van der Waals surface area contributed by atoms with Gasteiger partial charge in [-0.05, 0) is 22.8 Å². The molecule has 1 aliphatic heterocycles. The highest BCUT2D eigenvalue weighted by atomic mass is 16.2. The van der Waals surface area contributed by atoms with Gasteiger partial charge in [0.2, 0.25) is 0 Å². The molecule has 3 nitrogen and oxygen atoms in total. The molecule has 0 fully saturated rings. The molecule has 1 heterocycles. The second kappa shape index (κ2) is 7.60. The molecule has 0 aliphatic carbocycles. The lowest BCUT2D eigenvalue weighted by Gasteiger charge is -2.32. The van der Waals surface area contributed by atoms with Gasteiger partial charge in [-0.15, -0.1) is 6.58 Å². The summed E-state index contributed by atoms with van der Waals surface area (Å²) >= 11 is 0. The summed E-state index contributed by atoms with van der Waals surface area (Å²) in [5, 5.41) is 3.90. The summed E-state index contributed by atoms with van der Waals surface area (Å²) in [5.41, 5.74) is 4.19. The standard InChI is InChI=1S/C24H22N2O/c1-2-17-25(18-19-11-5-3-6-12-19)26-22-16-10-9-15-21(22)23(24(26)27)20-13-7-4-8-14-20/h2-16,23H,1,17-18H2/t23-/m1/s1. The Morgan fingerprint density at radius 3 is 2.22 bits per heavy atom. The zero-order valence-corrected chi connectivity index (χ0v) is 15.2. The molecule has 0 spiro atoms. The topological polar surface area (TPSA) is 23.6 Å². The minimum atomic E-state index is -0.273. The maximum absolute atomic E-state index is 13.5. The van der Waals surface area contributed by atoms with E-state index in [-0.39, 0.29) is 11.8 Å². The molecule has 0 unspecified atom stereocenters. The van der Waals surface area contributed by atoms with Gasteiger partial charge in [0.1, 0.15) is 0 Å². The van der Waals surface area contributed by atoms with Crippen molar-refractivity contribution in [2.24, 2.45) is 0 Å². The van der Waals surface area contributed by atoms with Gasteiger partial charge in [-0.2, -0.15) is 0 Å². The van der Waals surface area contributed by atoms with Gasteiger partial charge in [-0.3, -0.25) is 4.79 Å². The van der Waals surface area contributed by atoms with Crippen molar-refractivity contribution in [3.05, 3.63) is 114 Å². The van der Waals surface area contributed by atoms with E-state index < -0.39 is 0 Å². The highest BCUT2D eigenvalue weighted by Crippen LogP contribution is 2.42. The molecular formula is C24H22N2O. The maximum atomic E-state index is 13.5. The average molecular weight is 354 g/mol. The summed E-state index contributed by atoms with van der Waals surface area (Å²) in [7, 11) is 0. The third kappa shape index (κ3) is 3.29. The van der Waals surface area contributed by atoms with E-state index in [1.54, 1.807) is 0 Å². The molecule has 27 heavy (non-hydrogen) atoms. The molecule has 0 N–H and O–H groups in total. The van der Waals surface area contributed by atoms with E-state index in [0.717, 1.165) is 22.4 Å². The van der Waals surface area contributed by atoms with Gasteiger partial charge >= 0.3 is 0 Å². The van der Waals surface area contributed by atoms with E-state index in [1.807, 2.05) is 77.8 Å². The summed E-state index contributed by atoms with van der Waals surface area (Å²) < 4.78 is 0. The van der Waals surface area contributed by atoms with Crippen molar-refractivity contribution in [1.29, 1.82) is 0 Å². The van der Waals surface area contributed by atoms with Crippen molar-refractivity contribution in [2.75, 3.05) is 11.6 Å². The molecule has 0 saturated heterocycles.